The summed E-state index contributed by atoms with van der Waals surface area (Å²) in [6, 6.07) is 10.2. The number of amides is 1. The zero-order valence-corrected chi connectivity index (χ0v) is 14.8. The largest absolute Gasteiger partial charge is 0.396 e. The van der Waals surface area contributed by atoms with Gasteiger partial charge in [0.25, 0.3) is 0 Å². The van der Waals surface area contributed by atoms with Crippen LogP contribution in [0.5, 0.6) is 0 Å². The Kier molecular flexibility index (Phi) is 6.50. The summed E-state index contributed by atoms with van der Waals surface area (Å²) < 4.78 is 0. The highest BCUT2D eigenvalue weighted by atomic mass is 32.2. The van der Waals surface area contributed by atoms with E-state index in [1.807, 2.05) is 23.1 Å². The molecule has 1 fully saturated rings. The Bertz CT molecular complexity index is 502. The predicted octanol–water partition coefficient (Wildman–Crippen LogP) is 2.15. The lowest BCUT2D eigenvalue weighted by atomic mass is 9.89. The van der Waals surface area contributed by atoms with Crippen LogP contribution in [0.25, 0.3) is 0 Å². The zero-order valence-electron chi connectivity index (χ0n) is 13.9. The number of thioether (sulfide) groups is 1. The lowest BCUT2D eigenvalue weighted by molar-refractivity contribution is -0.131. The van der Waals surface area contributed by atoms with E-state index in [-0.39, 0.29) is 30.3 Å². The summed E-state index contributed by atoms with van der Waals surface area (Å²) in [4.78, 5) is 14.7. The van der Waals surface area contributed by atoms with E-state index >= 15 is 0 Å². The topological polar surface area (TPSA) is 60.8 Å². The third-order valence-electron chi connectivity index (χ3n) is 4.54. The highest BCUT2D eigenvalue weighted by molar-refractivity contribution is 7.99. The van der Waals surface area contributed by atoms with Crippen LogP contribution in [0.3, 0.4) is 0 Å². The van der Waals surface area contributed by atoms with Crippen molar-refractivity contribution in [2.75, 3.05) is 26.3 Å². The summed E-state index contributed by atoms with van der Waals surface area (Å²) in [5.41, 5.74) is 0.693. The molecule has 1 amide bonds. The van der Waals surface area contributed by atoms with Crippen molar-refractivity contribution in [1.29, 1.82) is 0 Å². The average Bonchev–Trinajstić information content (AvgIpc) is 3.01. The molecule has 2 N–H and O–H groups in total. The molecule has 23 heavy (non-hydrogen) atoms. The molecule has 1 unspecified atom stereocenters. The maximum atomic E-state index is 12.9. The van der Waals surface area contributed by atoms with Crippen LogP contribution in [0.1, 0.15) is 25.8 Å². The number of hydrogen-bond acceptors (Lipinski definition) is 4. The van der Waals surface area contributed by atoms with Crippen molar-refractivity contribution in [3.8, 4) is 0 Å². The molecule has 0 aliphatic carbocycles. The molecular formula is C18H27NO3S. The van der Waals surface area contributed by atoms with Crippen molar-refractivity contribution in [3.63, 3.8) is 0 Å². The number of aliphatic hydroxyl groups excluding tert-OH is 2. The first-order valence-corrected chi connectivity index (χ1v) is 9.22. The summed E-state index contributed by atoms with van der Waals surface area (Å²) in [6.45, 7) is 5.07. The molecule has 1 aliphatic rings. The maximum Gasteiger partial charge on any atom is 0.235 e. The van der Waals surface area contributed by atoms with Crippen LogP contribution >= 0.6 is 11.8 Å². The molecule has 0 spiro atoms. The van der Waals surface area contributed by atoms with E-state index in [1.54, 1.807) is 11.8 Å². The molecule has 1 aromatic carbocycles. The number of aliphatic hydroxyl groups is 2. The molecule has 0 saturated carbocycles. The molecule has 1 heterocycles. The second-order valence-electron chi connectivity index (χ2n) is 6.79. The van der Waals surface area contributed by atoms with Gasteiger partial charge >= 0.3 is 0 Å². The maximum absolute atomic E-state index is 12.9. The molecule has 5 heteroatoms. The number of hydrogen-bond donors (Lipinski definition) is 2. The van der Waals surface area contributed by atoms with Gasteiger partial charge in [0.15, 0.2) is 0 Å². The average molecular weight is 337 g/mol. The van der Waals surface area contributed by atoms with E-state index in [2.05, 4.69) is 26.0 Å². The van der Waals surface area contributed by atoms with Crippen molar-refractivity contribution in [3.05, 3.63) is 35.9 Å². The minimum absolute atomic E-state index is 0.0726. The van der Waals surface area contributed by atoms with Crippen molar-refractivity contribution in [2.45, 2.75) is 31.3 Å². The molecule has 128 valence electrons. The van der Waals surface area contributed by atoms with Crippen molar-refractivity contribution < 1.29 is 15.0 Å². The Morgan fingerprint density at radius 2 is 1.91 bits per heavy atom. The van der Waals surface area contributed by atoms with Crippen molar-refractivity contribution in [2.24, 2.45) is 11.3 Å². The molecule has 1 atom stereocenters. The highest BCUT2D eigenvalue weighted by Gasteiger charge is 2.41. The van der Waals surface area contributed by atoms with E-state index in [9.17, 15) is 15.0 Å². The number of benzene rings is 1. The molecule has 2 rings (SSSR count). The lowest BCUT2D eigenvalue weighted by Crippen LogP contribution is -2.41. The molecule has 0 radical (unpaired) electrons. The number of nitrogens with zero attached hydrogens (tertiary/aromatic N) is 1. The summed E-state index contributed by atoms with van der Waals surface area (Å²) in [7, 11) is 0. The molecule has 1 aromatic rings. The predicted molar refractivity (Wildman–Crippen MR) is 94.2 cm³/mol. The zero-order chi connectivity index (χ0) is 16.9. The first-order valence-electron chi connectivity index (χ1n) is 8.17. The minimum Gasteiger partial charge on any atom is -0.396 e. The highest BCUT2D eigenvalue weighted by Crippen LogP contribution is 2.33. The van der Waals surface area contributed by atoms with Crippen LogP contribution < -0.4 is 0 Å². The van der Waals surface area contributed by atoms with Crippen LogP contribution in [0, 0.1) is 11.3 Å². The fourth-order valence-corrected chi connectivity index (χ4v) is 4.16. The van der Waals surface area contributed by atoms with Crippen LogP contribution in [0.2, 0.25) is 0 Å². The molecule has 0 aromatic heterocycles. The monoisotopic (exact) mass is 337 g/mol. The quantitative estimate of drug-likeness (QED) is 0.800. The molecule has 4 nitrogen and oxygen atoms in total. The van der Waals surface area contributed by atoms with Gasteiger partial charge in [-0.2, -0.15) is 0 Å². The standard InChI is InChI=1S/C18H27NO3S/c1-14(2)16(23-10-15-6-4-3-5-7-15)17(22)19-9-8-18(11-19,12-20)13-21/h3-7,14,16,20-21H,8-13H2,1-2H3. The van der Waals surface area contributed by atoms with Gasteiger partial charge in [-0.05, 0) is 17.9 Å². The van der Waals surface area contributed by atoms with Gasteiger partial charge in [0.05, 0.1) is 18.5 Å². The van der Waals surface area contributed by atoms with Crippen LogP contribution in [-0.2, 0) is 10.5 Å². The first kappa shape index (κ1) is 18.3. The summed E-state index contributed by atoms with van der Waals surface area (Å²) in [6.07, 6.45) is 0.667. The molecular weight excluding hydrogens is 310 g/mol. The SMILES string of the molecule is CC(C)C(SCc1ccccc1)C(=O)N1CCC(CO)(CO)C1. The summed E-state index contributed by atoms with van der Waals surface area (Å²) >= 11 is 1.68. The van der Waals surface area contributed by atoms with Gasteiger partial charge in [-0.1, -0.05) is 44.2 Å². The van der Waals surface area contributed by atoms with E-state index in [0.717, 1.165) is 5.75 Å². The smallest absolute Gasteiger partial charge is 0.235 e. The second-order valence-corrected chi connectivity index (χ2v) is 7.92. The van der Waals surface area contributed by atoms with Gasteiger partial charge in [-0.3, -0.25) is 4.79 Å². The van der Waals surface area contributed by atoms with E-state index in [4.69, 9.17) is 0 Å². The Morgan fingerprint density at radius 1 is 1.26 bits per heavy atom. The van der Waals surface area contributed by atoms with Crippen LogP contribution in [0.15, 0.2) is 30.3 Å². The lowest BCUT2D eigenvalue weighted by Gasteiger charge is -2.28. The van der Waals surface area contributed by atoms with Crippen LogP contribution in [-0.4, -0.2) is 52.6 Å². The fraction of sp³-hybridized carbons (Fsp3) is 0.611. The Hall–Kier alpha value is -1.04. The molecule has 1 saturated heterocycles. The van der Waals surface area contributed by atoms with Crippen molar-refractivity contribution in [1.82, 2.24) is 4.90 Å². The van der Waals surface area contributed by atoms with Gasteiger partial charge in [-0.15, -0.1) is 11.8 Å². The summed E-state index contributed by atoms with van der Waals surface area (Å²) in [5, 5.41) is 18.9. The Balaban J connectivity index is 1.99. The van der Waals surface area contributed by atoms with Gasteiger partial charge < -0.3 is 15.1 Å². The van der Waals surface area contributed by atoms with E-state index < -0.39 is 5.41 Å². The second kappa shape index (κ2) is 8.18. The third kappa shape index (κ3) is 4.49. The number of carbonyl (C=O) groups excluding carboxylic acids is 1. The van der Waals surface area contributed by atoms with Gasteiger partial charge in [-0.25, -0.2) is 0 Å². The molecule has 0 bridgehead atoms. The first-order chi connectivity index (χ1) is 11.0. The minimum atomic E-state index is -0.527. The number of likely N-dealkylation sites (tertiary alicyclic amines) is 1. The normalized spacial score (nSPS) is 18.4. The van der Waals surface area contributed by atoms with Crippen LogP contribution in [0.4, 0.5) is 0 Å². The third-order valence-corrected chi connectivity index (χ3v) is 6.15. The molecule has 1 aliphatic heterocycles. The Morgan fingerprint density at radius 3 is 2.43 bits per heavy atom. The van der Waals surface area contributed by atoms with Gasteiger partial charge in [0, 0.05) is 24.3 Å². The number of rotatable bonds is 7. The number of carbonyl (C=O) groups is 1. The van der Waals surface area contributed by atoms with Crippen molar-refractivity contribution >= 4 is 17.7 Å². The van der Waals surface area contributed by atoms with E-state index in [0.29, 0.717) is 19.5 Å². The summed E-state index contributed by atoms with van der Waals surface area (Å²) in [5.74, 6) is 1.19. The fourth-order valence-electron chi connectivity index (χ4n) is 2.92. The van der Waals surface area contributed by atoms with E-state index in [1.165, 1.54) is 5.56 Å². The Labute approximate surface area is 142 Å². The van der Waals surface area contributed by atoms with Gasteiger partial charge in [0.1, 0.15) is 0 Å². The van der Waals surface area contributed by atoms with Gasteiger partial charge in [0.2, 0.25) is 5.91 Å².